The molecule has 1 N–H and O–H groups in total. The first-order valence-corrected chi connectivity index (χ1v) is 1.50. The van der Waals surface area contributed by atoms with E-state index in [0.717, 1.165) is 0 Å². The van der Waals surface area contributed by atoms with Gasteiger partial charge in [0.1, 0.15) is 6.20 Å². The lowest BCUT2D eigenvalue weighted by Crippen LogP contribution is -2.06. The minimum absolute atomic E-state index is 1.26. The number of rotatable bonds is 0. The Morgan fingerprint density at radius 1 is 1.83 bits per heavy atom. The molecule has 0 bridgehead atoms. The van der Waals surface area contributed by atoms with Crippen LogP contribution in [0.5, 0.6) is 0 Å². The summed E-state index contributed by atoms with van der Waals surface area (Å²) in [5.41, 5.74) is 2.40. The maximum absolute atomic E-state index is 4.41. The zero-order valence-corrected chi connectivity index (χ0v) is 3.01. The van der Waals surface area contributed by atoms with Gasteiger partial charge in [0.25, 0.3) is 0 Å². The molecule has 0 saturated heterocycles. The van der Waals surface area contributed by atoms with Crippen LogP contribution in [0.4, 0.5) is 0 Å². The number of hydrogen-bond acceptors (Lipinski definition) is 3. The van der Waals surface area contributed by atoms with Crippen LogP contribution >= 0.6 is 0 Å². The Morgan fingerprint density at radius 3 is 3.00 bits per heavy atom. The Balaban J connectivity index is 2.46. The van der Waals surface area contributed by atoms with E-state index < -0.39 is 0 Å². The summed E-state index contributed by atoms with van der Waals surface area (Å²) in [5.74, 6) is 0. The van der Waals surface area contributed by atoms with Crippen molar-refractivity contribution in [1.29, 1.82) is 0 Å². The molecule has 0 aromatic rings. The van der Waals surface area contributed by atoms with Crippen LogP contribution in [0.3, 0.4) is 0 Å². The summed E-state index contributed by atoms with van der Waals surface area (Å²) in [7, 11) is 0. The lowest BCUT2D eigenvalue weighted by Gasteiger charge is -1.95. The number of aliphatic imine (C=N–C) groups is 1. The van der Waals surface area contributed by atoms with Crippen LogP contribution in [0.1, 0.15) is 0 Å². The molecule has 1 rings (SSSR count). The molecule has 0 fully saturated rings. The highest BCUT2D eigenvalue weighted by atomic mass is 16.6. The average molecular weight is 83.1 g/mol. The SMILES string of the molecule is [C]1=CNOC=N1. The van der Waals surface area contributed by atoms with E-state index in [0.29, 0.717) is 0 Å². The third kappa shape index (κ3) is 0.484. The molecule has 1 aliphatic heterocycles. The standard InChI is InChI=1S/C3H3N2O/c1-2-5-6-3-4-1/h2-3,5H. The van der Waals surface area contributed by atoms with Crippen molar-refractivity contribution in [2.75, 3.05) is 0 Å². The summed E-state index contributed by atoms with van der Waals surface area (Å²) < 4.78 is 0. The topological polar surface area (TPSA) is 33.6 Å². The summed E-state index contributed by atoms with van der Waals surface area (Å²) in [6, 6.07) is 0. The second kappa shape index (κ2) is 1.45. The summed E-state index contributed by atoms with van der Waals surface area (Å²) in [6.45, 7) is 0. The Labute approximate surface area is 35.3 Å². The van der Waals surface area contributed by atoms with E-state index >= 15 is 0 Å². The van der Waals surface area contributed by atoms with Gasteiger partial charge in [-0.3, -0.25) is 0 Å². The molecule has 0 aromatic carbocycles. The van der Waals surface area contributed by atoms with Crippen molar-refractivity contribution >= 4 is 6.40 Å². The third-order valence-electron chi connectivity index (χ3n) is 0.371. The molecule has 0 unspecified atom stereocenters. The predicted molar refractivity (Wildman–Crippen MR) is 20.5 cm³/mol. The fraction of sp³-hybridized carbons (Fsp3) is 0. The first kappa shape index (κ1) is 3.21. The van der Waals surface area contributed by atoms with Crippen LogP contribution in [-0.2, 0) is 4.84 Å². The highest BCUT2D eigenvalue weighted by Gasteiger charge is 1.74. The van der Waals surface area contributed by atoms with E-state index in [2.05, 4.69) is 21.5 Å². The number of nitrogens with one attached hydrogen (secondary N) is 1. The number of hydroxylamine groups is 1. The van der Waals surface area contributed by atoms with Crippen molar-refractivity contribution in [3.63, 3.8) is 0 Å². The van der Waals surface area contributed by atoms with Crippen molar-refractivity contribution in [1.82, 2.24) is 5.48 Å². The Bertz CT molecular complexity index is 74.8. The van der Waals surface area contributed by atoms with Crippen LogP contribution < -0.4 is 5.48 Å². The quantitative estimate of drug-likeness (QED) is 0.441. The van der Waals surface area contributed by atoms with E-state index in [1.807, 2.05) is 0 Å². The summed E-state index contributed by atoms with van der Waals surface area (Å²) >= 11 is 0. The lowest BCUT2D eigenvalue weighted by molar-refractivity contribution is 0.235. The zero-order chi connectivity index (χ0) is 4.24. The molecular formula is C3H3N2O. The van der Waals surface area contributed by atoms with Gasteiger partial charge in [0.2, 0.25) is 6.40 Å². The highest BCUT2D eigenvalue weighted by molar-refractivity contribution is 5.47. The fourth-order valence-electron chi connectivity index (χ4n) is 0.185. The Hall–Kier alpha value is -0.990. The first-order valence-electron chi connectivity index (χ1n) is 1.50. The first-order chi connectivity index (χ1) is 3.00. The third-order valence-corrected chi connectivity index (χ3v) is 0.371. The Morgan fingerprint density at radius 2 is 2.83 bits per heavy atom. The molecular weight excluding hydrogens is 80.0 g/mol. The van der Waals surface area contributed by atoms with Gasteiger partial charge in [-0.05, 0) is 0 Å². The molecule has 0 atom stereocenters. The monoisotopic (exact) mass is 83.0 g/mol. The normalized spacial score (nSPS) is 16.0. The minimum Gasteiger partial charge on any atom is -0.370 e. The predicted octanol–water partition coefficient (Wildman–Crippen LogP) is -0.176. The summed E-state index contributed by atoms with van der Waals surface area (Å²) in [5, 5.41) is 0. The number of nitrogens with zero attached hydrogens (tertiary/aromatic N) is 1. The molecule has 3 heteroatoms. The fourth-order valence-corrected chi connectivity index (χ4v) is 0.185. The smallest absolute Gasteiger partial charge is 0.209 e. The minimum atomic E-state index is 1.26. The van der Waals surface area contributed by atoms with Gasteiger partial charge in [-0.25, -0.2) is 10.5 Å². The summed E-state index contributed by atoms with van der Waals surface area (Å²) in [6.07, 6.45) is 5.23. The van der Waals surface area contributed by atoms with Crippen LogP contribution in [-0.4, -0.2) is 6.40 Å². The van der Waals surface area contributed by atoms with E-state index in [-0.39, 0.29) is 0 Å². The molecule has 0 spiro atoms. The molecule has 0 amide bonds. The zero-order valence-electron chi connectivity index (χ0n) is 3.01. The van der Waals surface area contributed by atoms with Crippen molar-refractivity contribution in [2.45, 2.75) is 0 Å². The van der Waals surface area contributed by atoms with Crippen LogP contribution in [0, 0.1) is 6.20 Å². The lowest BCUT2D eigenvalue weighted by atomic mass is 10.9. The molecule has 0 aliphatic carbocycles. The van der Waals surface area contributed by atoms with Crippen LogP contribution in [0.15, 0.2) is 11.2 Å². The average Bonchev–Trinajstić information content (AvgIpc) is 1.72. The van der Waals surface area contributed by atoms with Crippen molar-refractivity contribution in [2.24, 2.45) is 4.99 Å². The van der Waals surface area contributed by atoms with Gasteiger partial charge in [-0.2, -0.15) is 0 Å². The maximum Gasteiger partial charge on any atom is 0.209 e. The largest absolute Gasteiger partial charge is 0.370 e. The van der Waals surface area contributed by atoms with Crippen molar-refractivity contribution in [3.05, 3.63) is 12.4 Å². The van der Waals surface area contributed by atoms with E-state index in [4.69, 9.17) is 0 Å². The van der Waals surface area contributed by atoms with Crippen LogP contribution in [0.25, 0.3) is 0 Å². The highest BCUT2D eigenvalue weighted by Crippen LogP contribution is 1.73. The van der Waals surface area contributed by atoms with Gasteiger partial charge < -0.3 is 4.84 Å². The molecule has 31 valence electrons. The summed E-state index contributed by atoms with van der Waals surface area (Å²) in [4.78, 5) is 7.87. The van der Waals surface area contributed by atoms with E-state index in [1.54, 1.807) is 0 Å². The van der Waals surface area contributed by atoms with Gasteiger partial charge in [0.05, 0.1) is 6.20 Å². The molecule has 1 aliphatic rings. The van der Waals surface area contributed by atoms with E-state index in [9.17, 15) is 0 Å². The number of hydrogen-bond donors (Lipinski definition) is 1. The molecule has 0 aromatic heterocycles. The van der Waals surface area contributed by atoms with Crippen molar-refractivity contribution in [3.8, 4) is 0 Å². The van der Waals surface area contributed by atoms with Gasteiger partial charge in [-0.1, -0.05) is 0 Å². The molecule has 0 saturated carbocycles. The molecule has 1 radical (unpaired) electrons. The van der Waals surface area contributed by atoms with Gasteiger partial charge >= 0.3 is 0 Å². The maximum atomic E-state index is 4.41. The molecule has 3 nitrogen and oxygen atoms in total. The molecule has 1 heterocycles. The van der Waals surface area contributed by atoms with Crippen LogP contribution in [0.2, 0.25) is 0 Å². The Kier molecular flexibility index (Phi) is 0.774. The van der Waals surface area contributed by atoms with Gasteiger partial charge in [-0.15, -0.1) is 0 Å². The van der Waals surface area contributed by atoms with Gasteiger partial charge in [0, 0.05) is 0 Å². The molecule has 6 heavy (non-hydrogen) atoms. The second-order valence-corrected chi connectivity index (χ2v) is 0.744. The van der Waals surface area contributed by atoms with Gasteiger partial charge in [0.15, 0.2) is 0 Å². The second-order valence-electron chi connectivity index (χ2n) is 0.744. The van der Waals surface area contributed by atoms with E-state index in [1.165, 1.54) is 12.6 Å². The van der Waals surface area contributed by atoms with Crippen molar-refractivity contribution < 1.29 is 4.84 Å².